The van der Waals surface area contributed by atoms with E-state index in [1.807, 2.05) is 0 Å². The Morgan fingerprint density at radius 3 is 1.16 bits per heavy atom. The molecule has 0 aliphatic carbocycles. The molecule has 5 atom stereocenters. The normalized spacial score (nSPS) is 29.7. The molecule has 37 heavy (non-hydrogen) atoms. The molecule has 2 heterocycles. The van der Waals surface area contributed by atoms with E-state index in [0.717, 1.165) is 0 Å². The van der Waals surface area contributed by atoms with Crippen molar-refractivity contribution in [3.8, 4) is 0 Å². The van der Waals surface area contributed by atoms with Crippen molar-refractivity contribution in [3.05, 3.63) is 0 Å². The van der Waals surface area contributed by atoms with Gasteiger partial charge in [-0.05, 0) is 0 Å². The van der Waals surface area contributed by atoms with Gasteiger partial charge in [-0.1, -0.05) is 0 Å². The van der Waals surface area contributed by atoms with E-state index in [0.29, 0.717) is 12.5 Å². The zero-order valence-corrected chi connectivity index (χ0v) is 23.3. The molecule has 15 nitrogen and oxygen atoms in total. The molecule has 0 N–H and O–H groups in total. The SMILES string of the molecule is C=S(=O)(F)OC1CS(=O)(=O)CC1OS(C)(=O)=O.CS(=O)(=O)OC1CS(=O)(=O)CC1OS(=O)(=O)C(F)(F)F. The van der Waals surface area contributed by atoms with E-state index in [1.54, 1.807) is 0 Å². The zero-order chi connectivity index (χ0) is 29.5. The predicted molar refractivity (Wildman–Crippen MR) is 118 cm³/mol. The molecule has 2 fully saturated rings. The van der Waals surface area contributed by atoms with Crippen molar-refractivity contribution in [3.63, 3.8) is 0 Å². The summed E-state index contributed by atoms with van der Waals surface area (Å²) in [5, 5.41) is 0. The summed E-state index contributed by atoms with van der Waals surface area (Å²) in [7, 11) is -26.2. The lowest BCUT2D eigenvalue weighted by atomic mass is 10.3. The van der Waals surface area contributed by atoms with E-state index in [9.17, 15) is 63.4 Å². The van der Waals surface area contributed by atoms with Gasteiger partial charge < -0.3 is 0 Å². The van der Waals surface area contributed by atoms with E-state index in [2.05, 4.69) is 22.6 Å². The van der Waals surface area contributed by atoms with Crippen molar-refractivity contribution in [1.29, 1.82) is 0 Å². The van der Waals surface area contributed by atoms with Gasteiger partial charge in [-0.25, -0.2) is 21.0 Å². The van der Waals surface area contributed by atoms with Gasteiger partial charge in [-0.3, -0.25) is 16.7 Å². The second kappa shape index (κ2) is 11.1. The number of sulfone groups is 2. The van der Waals surface area contributed by atoms with Crippen molar-refractivity contribution in [1.82, 2.24) is 0 Å². The lowest BCUT2D eigenvalue weighted by Crippen LogP contribution is -2.37. The third kappa shape index (κ3) is 12.4. The fourth-order valence-electron chi connectivity index (χ4n) is 2.78. The van der Waals surface area contributed by atoms with Crippen LogP contribution in [0.4, 0.5) is 17.1 Å². The van der Waals surface area contributed by atoms with Crippen molar-refractivity contribution < 1.29 is 80.1 Å². The molecule has 0 aromatic rings. The minimum absolute atomic E-state index is 0.535. The Kier molecular flexibility index (Phi) is 10.3. The summed E-state index contributed by atoms with van der Waals surface area (Å²) in [5.41, 5.74) is -5.75. The van der Waals surface area contributed by atoms with E-state index in [4.69, 9.17) is 0 Å². The van der Waals surface area contributed by atoms with Crippen LogP contribution >= 0.6 is 0 Å². The second-order valence-electron chi connectivity index (χ2n) is 7.54. The van der Waals surface area contributed by atoms with Crippen molar-refractivity contribution in [2.45, 2.75) is 29.9 Å². The van der Waals surface area contributed by atoms with Crippen LogP contribution in [0, 0.1) is 0 Å². The molecule has 0 aromatic carbocycles. The minimum atomic E-state index is -6.06. The van der Waals surface area contributed by atoms with Crippen LogP contribution in [-0.2, 0) is 76.9 Å². The van der Waals surface area contributed by atoms with Crippen LogP contribution in [-0.4, -0.2) is 118 Å². The highest BCUT2D eigenvalue weighted by Gasteiger charge is 2.52. The summed E-state index contributed by atoms with van der Waals surface area (Å²) in [6.45, 7) is 0. The van der Waals surface area contributed by atoms with E-state index in [-0.39, 0.29) is 0 Å². The summed E-state index contributed by atoms with van der Waals surface area (Å²) in [5.74, 6) is -0.805. The Bertz CT molecular complexity index is 1450. The summed E-state index contributed by atoms with van der Waals surface area (Å²) in [6, 6.07) is 0. The standard InChI is InChI=1S/C6H9F3O8S3.C6H11FO7S3/c1-18(10,11)16-4-2-19(12,13)3-5(4)17-20(14,15)6(7,8)9;1-15(7,8)13-5-3-17(11,12)4-6(5)14-16(2,9)10/h4-5H,2-3H2,1H3;5-6H,1,3-4H2,2H3. The predicted octanol–water partition coefficient (Wildman–Crippen LogP) is -2.34. The molecule has 0 aromatic heterocycles. The molecule has 222 valence electrons. The van der Waals surface area contributed by atoms with E-state index in [1.165, 1.54) is 0 Å². The lowest BCUT2D eigenvalue weighted by molar-refractivity contribution is -0.0593. The highest BCUT2D eigenvalue weighted by molar-refractivity contribution is 7.92. The molecular formula is C12H20F4O15S6. The summed E-state index contributed by atoms with van der Waals surface area (Å²) in [6.07, 6.45) is -5.55. The molecular weight excluding hydrogens is 653 g/mol. The first-order valence-corrected chi connectivity index (χ1v) is 19.2. The molecule has 0 spiro atoms. The Labute approximate surface area is 211 Å². The zero-order valence-electron chi connectivity index (χ0n) is 18.4. The number of hydrogen-bond acceptors (Lipinski definition) is 15. The van der Waals surface area contributed by atoms with Gasteiger partial charge in [0.25, 0.3) is 20.2 Å². The monoisotopic (exact) mass is 672 g/mol. The maximum Gasteiger partial charge on any atom is 0.523 e. The summed E-state index contributed by atoms with van der Waals surface area (Å²) >= 11 is 0. The summed E-state index contributed by atoms with van der Waals surface area (Å²) < 4.78 is 186. The van der Waals surface area contributed by atoms with Crippen LogP contribution in [0.2, 0.25) is 0 Å². The highest BCUT2D eigenvalue weighted by Crippen LogP contribution is 2.30. The van der Waals surface area contributed by atoms with Gasteiger partial charge in [0, 0.05) is 5.87 Å². The van der Waals surface area contributed by atoms with Crippen molar-refractivity contribution >= 4 is 66.1 Å². The van der Waals surface area contributed by atoms with Crippen LogP contribution in [0.1, 0.15) is 0 Å². The lowest BCUT2D eigenvalue weighted by Gasteiger charge is -2.18. The molecule has 2 saturated heterocycles. The number of alkyl halides is 3. The van der Waals surface area contributed by atoms with Crippen LogP contribution in [0.5, 0.6) is 0 Å². The maximum absolute atomic E-state index is 12.7. The fraction of sp³-hybridized carbons (Fsp3) is 0.917. The van der Waals surface area contributed by atoms with Crippen LogP contribution in [0.15, 0.2) is 0 Å². The number of rotatable bonds is 8. The second-order valence-corrected chi connectivity index (χ2v) is 17.9. The Morgan fingerprint density at radius 1 is 0.649 bits per heavy atom. The quantitative estimate of drug-likeness (QED) is 0.0865. The molecule has 25 heteroatoms. The highest BCUT2D eigenvalue weighted by atomic mass is 32.3. The first-order chi connectivity index (χ1) is 16.0. The topological polar surface area (TPSA) is 225 Å². The molecule has 0 saturated carbocycles. The van der Waals surface area contributed by atoms with Crippen molar-refractivity contribution in [2.24, 2.45) is 0 Å². The average molecular weight is 673 g/mol. The molecule has 2 aliphatic rings. The Hall–Kier alpha value is -0.670. The van der Waals surface area contributed by atoms with Gasteiger partial charge in [0.2, 0.25) is 10.2 Å². The minimum Gasteiger partial charge on any atom is -0.268 e. The first kappa shape index (κ1) is 34.4. The van der Waals surface area contributed by atoms with Gasteiger partial charge in [0.15, 0.2) is 19.7 Å². The average Bonchev–Trinajstić information content (AvgIpc) is 2.95. The molecule has 2 aliphatic heterocycles. The van der Waals surface area contributed by atoms with Gasteiger partial charge in [-0.2, -0.15) is 38.4 Å². The third-order valence-electron chi connectivity index (χ3n) is 3.90. The van der Waals surface area contributed by atoms with E-state index < -0.39 is 113 Å². The van der Waals surface area contributed by atoms with Crippen molar-refractivity contribution in [2.75, 3.05) is 35.5 Å². The molecule has 5 unspecified atom stereocenters. The Balaban J connectivity index is 0.000000375. The van der Waals surface area contributed by atoms with Gasteiger partial charge in [0.1, 0.15) is 24.4 Å². The largest absolute Gasteiger partial charge is 0.523 e. The summed E-state index contributed by atoms with van der Waals surface area (Å²) in [4.78, 5) is 0. The van der Waals surface area contributed by atoms with Crippen LogP contribution in [0.3, 0.4) is 0 Å². The number of hydrogen-bond donors (Lipinski definition) is 0. The first-order valence-electron chi connectivity index (χ1n) is 8.93. The smallest absolute Gasteiger partial charge is 0.268 e. The number of halogens is 4. The molecule has 0 radical (unpaired) electrons. The third-order valence-corrected chi connectivity index (χ3v) is 10.0. The fourth-order valence-corrected chi connectivity index (χ4v) is 9.00. The van der Waals surface area contributed by atoms with Gasteiger partial charge in [-0.15, -0.1) is 3.89 Å². The van der Waals surface area contributed by atoms with Crippen LogP contribution < -0.4 is 0 Å². The van der Waals surface area contributed by atoms with E-state index >= 15 is 0 Å². The van der Waals surface area contributed by atoms with Crippen LogP contribution in [0.25, 0.3) is 0 Å². The van der Waals surface area contributed by atoms with Gasteiger partial charge >= 0.3 is 15.6 Å². The molecule has 0 amide bonds. The van der Waals surface area contributed by atoms with Gasteiger partial charge in [0.05, 0.1) is 35.5 Å². The Morgan fingerprint density at radius 2 is 0.919 bits per heavy atom. The maximum atomic E-state index is 12.7. The molecule has 2 rings (SSSR count). The molecule has 0 bridgehead atoms.